The van der Waals surface area contributed by atoms with Crippen LogP contribution in [0.5, 0.6) is 0 Å². The molecule has 1 aliphatic heterocycles. The number of nitrogens with zero attached hydrogens (tertiary/aromatic N) is 1. The molecule has 3 unspecified atom stereocenters. The Hall–Kier alpha value is -2.31. The molecular weight excluding hydrogens is 295 g/mol. The van der Waals surface area contributed by atoms with E-state index in [0.29, 0.717) is 0 Å². The maximum atomic E-state index is 12.9. The molecule has 2 aromatic rings. The van der Waals surface area contributed by atoms with Crippen molar-refractivity contribution in [2.45, 2.75) is 25.6 Å². The Morgan fingerprint density at radius 3 is 2.57 bits per heavy atom. The van der Waals surface area contributed by atoms with E-state index in [1.807, 2.05) is 12.1 Å². The molecule has 3 atom stereocenters. The van der Waals surface area contributed by atoms with E-state index >= 15 is 0 Å². The summed E-state index contributed by atoms with van der Waals surface area (Å²) in [5.74, 6) is -0.225. The van der Waals surface area contributed by atoms with Crippen molar-refractivity contribution in [2.75, 3.05) is 0 Å². The number of aromatic nitrogens is 1. The van der Waals surface area contributed by atoms with Gasteiger partial charge in [0.15, 0.2) is 0 Å². The molecule has 1 fully saturated rings. The lowest BCUT2D eigenvalue weighted by Gasteiger charge is -2.19. The molecule has 1 aliphatic rings. The molecule has 3 rings (SSSR count). The van der Waals surface area contributed by atoms with Crippen LogP contribution in [0.4, 0.5) is 4.39 Å². The maximum absolute atomic E-state index is 12.9. The van der Waals surface area contributed by atoms with Gasteiger partial charge in [0, 0.05) is 18.3 Å². The number of benzene rings is 1. The molecular formula is C17H19FN4O. The molecule has 1 saturated heterocycles. The highest BCUT2D eigenvalue weighted by Crippen LogP contribution is 2.26. The van der Waals surface area contributed by atoms with Crippen LogP contribution in [0.15, 0.2) is 48.8 Å². The summed E-state index contributed by atoms with van der Waals surface area (Å²) in [4.78, 5) is 16.2. The summed E-state index contributed by atoms with van der Waals surface area (Å²) < 4.78 is 12.9. The largest absolute Gasteiger partial charge is 0.339 e. The zero-order chi connectivity index (χ0) is 16.2. The first-order valence-electron chi connectivity index (χ1n) is 7.58. The van der Waals surface area contributed by atoms with Crippen molar-refractivity contribution >= 4 is 5.91 Å². The van der Waals surface area contributed by atoms with Crippen molar-refractivity contribution in [3.05, 3.63) is 65.7 Å². The van der Waals surface area contributed by atoms with Crippen molar-refractivity contribution in [2.24, 2.45) is 5.92 Å². The molecule has 0 bridgehead atoms. The Morgan fingerprint density at radius 2 is 1.87 bits per heavy atom. The lowest BCUT2D eigenvalue weighted by molar-refractivity contribution is -0.121. The number of hydrogen-bond donors (Lipinski definition) is 3. The minimum absolute atomic E-state index is 0.0989. The number of hydrogen-bond acceptors (Lipinski definition) is 4. The van der Waals surface area contributed by atoms with E-state index < -0.39 is 0 Å². The van der Waals surface area contributed by atoms with Crippen LogP contribution < -0.4 is 16.2 Å². The Kier molecular flexibility index (Phi) is 4.64. The minimum atomic E-state index is -0.301. The van der Waals surface area contributed by atoms with Gasteiger partial charge < -0.3 is 5.32 Å². The van der Waals surface area contributed by atoms with Gasteiger partial charge in [0.05, 0.1) is 18.6 Å². The van der Waals surface area contributed by atoms with Crippen LogP contribution in [-0.4, -0.2) is 17.1 Å². The molecule has 0 aliphatic carbocycles. The number of pyridine rings is 1. The average molecular weight is 314 g/mol. The SMILES string of the molecule is CC1C(NC(=O)Cc2ccc(F)cc2)NNC1c1ccncc1. The summed E-state index contributed by atoms with van der Waals surface area (Å²) in [5, 5.41) is 2.97. The second kappa shape index (κ2) is 6.85. The van der Waals surface area contributed by atoms with Crippen molar-refractivity contribution in [3.8, 4) is 0 Å². The van der Waals surface area contributed by atoms with Crippen molar-refractivity contribution in [1.82, 2.24) is 21.2 Å². The number of halogens is 1. The van der Waals surface area contributed by atoms with Gasteiger partial charge >= 0.3 is 0 Å². The average Bonchev–Trinajstić information content (AvgIpc) is 2.91. The highest BCUT2D eigenvalue weighted by atomic mass is 19.1. The lowest BCUT2D eigenvalue weighted by Crippen LogP contribution is -2.46. The Labute approximate surface area is 134 Å². The normalized spacial score (nSPS) is 23.7. The monoisotopic (exact) mass is 314 g/mol. The number of carbonyl (C=O) groups is 1. The van der Waals surface area contributed by atoms with Gasteiger partial charge in [-0.3, -0.25) is 9.78 Å². The quantitative estimate of drug-likeness (QED) is 0.803. The molecule has 1 amide bonds. The van der Waals surface area contributed by atoms with E-state index in [9.17, 15) is 9.18 Å². The molecule has 0 saturated carbocycles. The topological polar surface area (TPSA) is 66.1 Å². The zero-order valence-corrected chi connectivity index (χ0v) is 12.8. The predicted octanol–water partition coefficient (Wildman–Crippen LogP) is 1.69. The van der Waals surface area contributed by atoms with E-state index in [-0.39, 0.29) is 36.3 Å². The molecule has 1 aromatic heterocycles. The number of hydrazine groups is 1. The molecule has 1 aromatic carbocycles. The van der Waals surface area contributed by atoms with Crippen molar-refractivity contribution < 1.29 is 9.18 Å². The van der Waals surface area contributed by atoms with E-state index in [1.165, 1.54) is 12.1 Å². The van der Waals surface area contributed by atoms with Gasteiger partial charge in [-0.15, -0.1) is 0 Å². The van der Waals surface area contributed by atoms with Gasteiger partial charge in [-0.05, 0) is 35.4 Å². The Bertz CT molecular complexity index is 662. The molecule has 0 radical (unpaired) electrons. The summed E-state index contributed by atoms with van der Waals surface area (Å²) in [6.45, 7) is 2.07. The minimum Gasteiger partial charge on any atom is -0.339 e. The number of amides is 1. The summed E-state index contributed by atoms with van der Waals surface area (Å²) in [6, 6.07) is 9.99. The first-order valence-corrected chi connectivity index (χ1v) is 7.58. The highest BCUT2D eigenvalue weighted by Gasteiger charge is 2.34. The lowest BCUT2D eigenvalue weighted by atomic mass is 9.95. The molecule has 2 heterocycles. The summed E-state index contributed by atoms with van der Waals surface area (Å²) in [6.07, 6.45) is 3.57. The van der Waals surface area contributed by atoms with Crippen molar-refractivity contribution in [1.29, 1.82) is 0 Å². The fourth-order valence-electron chi connectivity index (χ4n) is 2.77. The van der Waals surface area contributed by atoms with Crippen LogP contribution in [0, 0.1) is 11.7 Å². The third-order valence-electron chi connectivity index (χ3n) is 4.11. The van der Waals surface area contributed by atoms with Gasteiger partial charge in [-0.25, -0.2) is 15.2 Å². The number of carbonyl (C=O) groups excluding carboxylic acids is 1. The van der Waals surface area contributed by atoms with Gasteiger partial charge in [-0.1, -0.05) is 19.1 Å². The zero-order valence-electron chi connectivity index (χ0n) is 12.8. The standard InChI is InChI=1S/C17H19FN4O/c1-11-16(13-6-8-19-9-7-13)21-22-17(11)20-15(23)10-12-2-4-14(18)5-3-12/h2-9,11,16-17,21-22H,10H2,1H3,(H,20,23). The van der Waals surface area contributed by atoms with Gasteiger partial charge in [0.2, 0.25) is 5.91 Å². The number of rotatable bonds is 4. The molecule has 0 spiro atoms. The molecule has 5 nitrogen and oxygen atoms in total. The van der Waals surface area contributed by atoms with Crippen LogP contribution >= 0.6 is 0 Å². The molecule has 3 N–H and O–H groups in total. The van der Waals surface area contributed by atoms with Crippen LogP contribution in [0.2, 0.25) is 0 Å². The second-order valence-corrected chi connectivity index (χ2v) is 5.75. The fourth-order valence-corrected chi connectivity index (χ4v) is 2.77. The fraction of sp³-hybridized carbons (Fsp3) is 0.294. The smallest absolute Gasteiger partial charge is 0.225 e. The second-order valence-electron chi connectivity index (χ2n) is 5.75. The molecule has 6 heteroatoms. The van der Waals surface area contributed by atoms with Crippen LogP contribution in [0.3, 0.4) is 0 Å². The van der Waals surface area contributed by atoms with E-state index in [0.717, 1.165) is 11.1 Å². The summed E-state index contributed by atoms with van der Waals surface area (Å²) in [7, 11) is 0. The molecule has 120 valence electrons. The van der Waals surface area contributed by atoms with E-state index in [2.05, 4.69) is 28.1 Å². The highest BCUT2D eigenvalue weighted by molar-refractivity contribution is 5.78. The van der Waals surface area contributed by atoms with Gasteiger partial charge in [-0.2, -0.15) is 0 Å². The Morgan fingerprint density at radius 1 is 1.17 bits per heavy atom. The first-order chi connectivity index (χ1) is 11.1. The third kappa shape index (κ3) is 3.72. The van der Waals surface area contributed by atoms with E-state index in [4.69, 9.17) is 0 Å². The predicted molar refractivity (Wildman–Crippen MR) is 84.4 cm³/mol. The van der Waals surface area contributed by atoms with Crippen LogP contribution in [-0.2, 0) is 11.2 Å². The summed E-state index contributed by atoms with van der Waals surface area (Å²) in [5.41, 5.74) is 8.23. The van der Waals surface area contributed by atoms with Gasteiger partial charge in [0.25, 0.3) is 0 Å². The Balaban J connectivity index is 1.58. The van der Waals surface area contributed by atoms with Crippen LogP contribution in [0.25, 0.3) is 0 Å². The van der Waals surface area contributed by atoms with Crippen molar-refractivity contribution in [3.63, 3.8) is 0 Å². The third-order valence-corrected chi connectivity index (χ3v) is 4.11. The summed E-state index contributed by atoms with van der Waals surface area (Å²) >= 11 is 0. The number of nitrogens with one attached hydrogen (secondary N) is 3. The van der Waals surface area contributed by atoms with E-state index in [1.54, 1.807) is 24.5 Å². The molecule has 23 heavy (non-hydrogen) atoms. The first kappa shape index (κ1) is 15.6. The maximum Gasteiger partial charge on any atom is 0.225 e. The van der Waals surface area contributed by atoms with Gasteiger partial charge in [0.1, 0.15) is 5.82 Å². The van der Waals surface area contributed by atoms with Crippen LogP contribution in [0.1, 0.15) is 24.1 Å².